The van der Waals surface area contributed by atoms with Crippen LogP contribution in [0, 0.1) is 0 Å². The van der Waals surface area contributed by atoms with E-state index in [0.29, 0.717) is 6.54 Å². The molecule has 1 saturated heterocycles. The van der Waals surface area contributed by atoms with Crippen LogP contribution in [0.1, 0.15) is 11.1 Å². The molecule has 0 N–H and O–H groups in total. The van der Waals surface area contributed by atoms with Gasteiger partial charge in [-0.15, -0.1) is 0 Å². The molecule has 2 amide bonds. The van der Waals surface area contributed by atoms with Crippen molar-refractivity contribution in [1.29, 1.82) is 0 Å². The second-order valence-corrected chi connectivity index (χ2v) is 6.22. The van der Waals surface area contributed by atoms with Crippen molar-refractivity contribution >= 4 is 6.03 Å². The molecule has 0 atom stereocenters. The third-order valence-electron chi connectivity index (χ3n) is 4.76. The summed E-state index contributed by atoms with van der Waals surface area (Å²) in [7, 11) is 5.38. The van der Waals surface area contributed by atoms with E-state index in [1.807, 2.05) is 21.9 Å². The van der Waals surface area contributed by atoms with E-state index in [2.05, 4.69) is 11.9 Å². The lowest BCUT2D eigenvalue weighted by molar-refractivity contribution is 0.118. The molecule has 0 radical (unpaired) electrons. The highest BCUT2D eigenvalue weighted by molar-refractivity contribution is 5.75. The molecule has 126 valence electrons. The Hall–Kier alpha value is -1.95. The van der Waals surface area contributed by atoms with Crippen molar-refractivity contribution in [3.05, 3.63) is 23.3 Å². The van der Waals surface area contributed by atoms with Gasteiger partial charge in [0.2, 0.25) is 0 Å². The second-order valence-electron chi connectivity index (χ2n) is 6.22. The summed E-state index contributed by atoms with van der Waals surface area (Å²) in [4.78, 5) is 18.9. The lowest BCUT2D eigenvalue weighted by atomic mass is 9.99. The van der Waals surface area contributed by atoms with Crippen molar-refractivity contribution in [3.63, 3.8) is 0 Å². The van der Waals surface area contributed by atoms with Crippen molar-refractivity contribution in [2.75, 3.05) is 54.0 Å². The van der Waals surface area contributed by atoms with E-state index in [9.17, 15) is 4.79 Å². The number of ether oxygens (including phenoxy) is 2. The molecule has 3 rings (SSSR count). The molecule has 0 aromatic heterocycles. The number of hydrogen-bond acceptors (Lipinski definition) is 4. The predicted molar refractivity (Wildman–Crippen MR) is 88.1 cm³/mol. The van der Waals surface area contributed by atoms with E-state index in [4.69, 9.17) is 9.47 Å². The number of fused-ring (bicyclic) bond motifs is 1. The maximum atomic E-state index is 12.7. The number of urea groups is 1. The molecule has 1 aromatic rings. The summed E-state index contributed by atoms with van der Waals surface area (Å²) in [5.74, 6) is 1.48. The fourth-order valence-electron chi connectivity index (χ4n) is 3.24. The Morgan fingerprint density at radius 1 is 0.913 bits per heavy atom. The van der Waals surface area contributed by atoms with Gasteiger partial charge in [0.25, 0.3) is 0 Å². The van der Waals surface area contributed by atoms with Crippen molar-refractivity contribution in [2.45, 2.75) is 13.0 Å². The Kier molecular flexibility index (Phi) is 4.61. The van der Waals surface area contributed by atoms with Crippen LogP contribution in [0.4, 0.5) is 4.79 Å². The monoisotopic (exact) mass is 319 g/mol. The summed E-state index contributed by atoms with van der Waals surface area (Å²) >= 11 is 0. The normalized spacial score (nSPS) is 18.6. The number of benzene rings is 1. The van der Waals surface area contributed by atoms with Gasteiger partial charge in [-0.2, -0.15) is 0 Å². The standard InChI is InChI=1S/C17H25N3O3/c1-18-6-8-19(9-7-18)17(21)20-5-4-13-10-15(22-2)16(23-3)11-14(13)12-20/h10-11H,4-9,12H2,1-3H3. The largest absolute Gasteiger partial charge is 0.493 e. The first-order valence-corrected chi connectivity index (χ1v) is 8.08. The summed E-state index contributed by atoms with van der Waals surface area (Å²) in [6, 6.07) is 4.18. The fourth-order valence-corrected chi connectivity index (χ4v) is 3.24. The first kappa shape index (κ1) is 15.9. The second kappa shape index (κ2) is 6.66. The molecule has 0 spiro atoms. The molecule has 6 nitrogen and oxygen atoms in total. The lowest BCUT2D eigenvalue weighted by Crippen LogP contribution is -2.52. The quantitative estimate of drug-likeness (QED) is 0.827. The average molecular weight is 319 g/mol. The van der Waals surface area contributed by atoms with Gasteiger partial charge >= 0.3 is 6.03 Å². The number of rotatable bonds is 2. The maximum Gasteiger partial charge on any atom is 0.320 e. The van der Waals surface area contributed by atoms with Gasteiger partial charge in [0, 0.05) is 39.3 Å². The van der Waals surface area contributed by atoms with E-state index in [-0.39, 0.29) is 6.03 Å². The van der Waals surface area contributed by atoms with Gasteiger partial charge in [0.1, 0.15) is 0 Å². The van der Waals surface area contributed by atoms with Gasteiger partial charge in [0.15, 0.2) is 11.5 Å². The van der Waals surface area contributed by atoms with Crippen molar-refractivity contribution in [1.82, 2.24) is 14.7 Å². The Morgan fingerprint density at radius 2 is 1.52 bits per heavy atom. The zero-order valence-electron chi connectivity index (χ0n) is 14.2. The highest BCUT2D eigenvalue weighted by Gasteiger charge is 2.27. The summed E-state index contributed by atoms with van der Waals surface area (Å²) in [5, 5.41) is 0. The van der Waals surface area contributed by atoms with Crippen LogP contribution in [0.3, 0.4) is 0 Å². The third kappa shape index (κ3) is 3.22. The highest BCUT2D eigenvalue weighted by Crippen LogP contribution is 2.33. The van der Waals surface area contributed by atoms with Gasteiger partial charge in [0.05, 0.1) is 14.2 Å². The van der Waals surface area contributed by atoms with Crippen molar-refractivity contribution in [3.8, 4) is 11.5 Å². The van der Waals surface area contributed by atoms with Crippen LogP contribution in [0.25, 0.3) is 0 Å². The number of likely N-dealkylation sites (N-methyl/N-ethyl adjacent to an activating group) is 1. The minimum atomic E-state index is 0.151. The third-order valence-corrected chi connectivity index (χ3v) is 4.76. The Balaban J connectivity index is 1.73. The van der Waals surface area contributed by atoms with E-state index < -0.39 is 0 Å². The smallest absolute Gasteiger partial charge is 0.320 e. The molecule has 2 aliphatic heterocycles. The Bertz CT molecular complexity index is 583. The topological polar surface area (TPSA) is 45.3 Å². The first-order chi connectivity index (χ1) is 11.1. The molecule has 1 fully saturated rings. The Labute approximate surface area is 137 Å². The summed E-state index contributed by atoms with van der Waals surface area (Å²) in [6.45, 7) is 4.91. The molecule has 2 heterocycles. The highest BCUT2D eigenvalue weighted by atomic mass is 16.5. The van der Waals surface area contributed by atoms with Crippen LogP contribution in [-0.2, 0) is 13.0 Å². The number of carbonyl (C=O) groups is 1. The minimum Gasteiger partial charge on any atom is -0.493 e. The summed E-state index contributed by atoms with van der Waals surface area (Å²) < 4.78 is 10.7. The molecular weight excluding hydrogens is 294 g/mol. The van der Waals surface area contributed by atoms with Crippen molar-refractivity contribution < 1.29 is 14.3 Å². The number of hydrogen-bond donors (Lipinski definition) is 0. The molecule has 0 saturated carbocycles. The van der Waals surface area contributed by atoms with E-state index in [0.717, 1.165) is 56.2 Å². The molecule has 0 unspecified atom stereocenters. The maximum absolute atomic E-state index is 12.7. The van der Waals surface area contributed by atoms with Gasteiger partial charge in [-0.1, -0.05) is 0 Å². The van der Waals surface area contributed by atoms with E-state index in [1.165, 1.54) is 5.56 Å². The van der Waals surface area contributed by atoms with Crippen LogP contribution in [0.5, 0.6) is 11.5 Å². The van der Waals surface area contributed by atoms with Gasteiger partial charge in [-0.25, -0.2) is 4.79 Å². The number of amides is 2. The van der Waals surface area contributed by atoms with Gasteiger partial charge < -0.3 is 24.2 Å². The average Bonchev–Trinajstić information content (AvgIpc) is 2.60. The summed E-state index contributed by atoms with van der Waals surface area (Å²) in [6.07, 6.45) is 0.856. The number of piperazine rings is 1. The molecule has 23 heavy (non-hydrogen) atoms. The fraction of sp³-hybridized carbons (Fsp3) is 0.588. The zero-order chi connectivity index (χ0) is 16.4. The lowest BCUT2D eigenvalue weighted by Gasteiger charge is -2.38. The first-order valence-electron chi connectivity index (χ1n) is 8.08. The molecule has 0 bridgehead atoms. The summed E-state index contributed by atoms with van der Waals surface area (Å²) in [5.41, 5.74) is 2.39. The van der Waals surface area contributed by atoms with Gasteiger partial charge in [-0.3, -0.25) is 0 Å². The number of nitrogens with zero attached hydrogens (tertiary/aromatic N) is 3. The number of methoxy groups -OCH3 is 2. The van der Waals surface area contributed by atoms with Crippen LogP contribution in [0.15, 0.2) is 12.1 Å². The van der Waals surface area contributed by atoms with Crippen LogP contribution < -0.4 is 9.47 Å². The zero-order valence-corrected chi connectivity index (χ0v) is 14.2. The van der Waals surface area contributed by atoms with E-state index in [1.54, 1.807) is 14.2 Å². The molecular formula is C17H25N3O3. The van der Waals surface area contributed by atoms with Crippen LogP contribution in [0.2, 0.25) is 0 Å². The Morgan fingerprint density at radius 3 is 2.13 bits per heavy atom. The molecule has 0 aliphatic carbocycles. The number of carbonyl (C=O) groups excluding carboxylic acids is 1. The molecule has 2 aliphatic rings. The van der Waals surface area contributed by atoms with Crippen LogP contribution >= 0.6 is 0 Å². The van der Waals surface area contributed by atoms with E-state index >= 15 is 0 Å². The minimum absolute atomic E-state index is 0.151. The molecule has 1 aromatic carbocycles. The van der Waals surface area contributed by atoms with Crippen molar-refractivity contribution in [2.24, 2.45) is 0 Å². The molecule has 6 heteroatoms. The SMILES string of the molecule is COc1cc2c(cc1OC)CN(C(=O)N1CCN(C)CC1)CC2. The van der Waals surface area contributed by atoms with Gasteiger partial charge in [-0.05, 0) is 36.7 Å². The predicted octanol–water partition coefficient (Wildman–Crippen LogP) is 1.43. The van der Waals surface area contributed by atoms with Crippen LogP contribution in [-0.4, -0.2) is 74.7 Å².